The number of fused-ring (bicyclic) bond motifs is 3. The second kappa shape index (κ2) is 14.3. The molecule has 4 aliphatic rings. The predicted octanol–water partition coefficient (Wildman–Crippen LogP) is 6.52. The van der Waals surface area contributed by atoms with Crippen LogP contribution in [0, 0.1) is 25.5 Å². The second-order valence-electron chi connectivity index (χ2n) is 18.4. The monoisotopic (exact) mass is 870 g/mol. The lowest BCUT2D eigenvalue weighted by Crippen LogP contribution is -2.40. The van der Waals surface area contributed by atoms with Gasteiger partial charge in [-0.1, -0.05) is 6.07 Å². The molecule has 2 fully saturated rings. The largest absolute Gasteiger partial charge is 0.376 e. The summed E-state index contributed by atoms with van der Waals surface area (Å²) in [5.74, 6) is -0.0515. The van der Waals surface area contributed by atoms with Crippen molar-refractivity contribution in [2.45, 2.75) is 96.1 Å². The van der Waals surface area contributed by atoms with Gasteiger partial charge in [0.1, 0.15) is 17.5 Å². The van der Waals surface area contributed by atoms with Gasteiger partial charge in [-0.3, -0.25) is 18.6 Å². The summed E-state index contributed by atoms with van der Waals surface area (Å²) in [6.07, 6.45) is 10.6. The van der Waals surface area contributed by atoms with Crippen molar-refractivity contribution in [2.75, 3.05) is 13.2 Å². The fourth-order valence-electron chi connectivity index (χ4n) is 10.5. The van der Waals surface area contributed by atoms with Crippen molar-refractivity contribution in [3.63, 3.8) is 0 Å². The van der Waals surface area contributed by atoms with Crippen LogP contribution in [0.25, 0.3) is 33.6 Å². The number of ether oxygens (including phenoxy) is 1. The molecule has 1 unspecified atom stereocenters. The molecule has 2 N–H and O–H groups in total. The molecule has 1 amide bonds. The number of nitrogens with zero attached hydrogens (tertiary/aromatic N) is 9. The minimum absolute atomic E-state index is 0.0489. The lowest BCUT2D eigenvalue weighted by Gasteiger charge is -2.35. The molecule has 3 atom stereocenters. The molecule has 64 heavy (non-hydrogen) atoms. The molecular formula is C47H48F2N10O5. The predicted molar refractivity (Wildman–Crippen MR) is 233 cm³/mol. The first-order chi connectivity index (χ1) is 30.6. The standard InChI is InChI=1S/C47H48F2N10O5/c1-25-19-30(20-26(2)39(25)48)59-41(58-17-16-57(45(58)62)36-10-9-34-31(40(36)49)22-50-54(34)6)37-27(3)56(15-11-33(37)52-59)42(60)32-24-55-23-29(28-12-18-63-46(4,5)21-28)7-8-35(55)38(32)47(13-14-47)43-51-44(61)64-53-43/h7-10,16-17,19-20,22-24,27-28,44,61H,11-15,18,21H2,1-6H3,(H,51,53)/t27-,28-,44?/m0/s1. The van der Waals surface area contributed by atoms with Crippen molar-refractivity contribution in [1.82, 2.24) is 43.5 Å². The Hall–Kier alpha value is -6.43. The summed E-state index contributed by atoms with van der Waals surface area (Å²) in [5, 5.41) is 19.8. The van der Waals surface area contributed by atoms with Gasteiger partial charge in [0.05, 0.1) is 62.3 Å². The number of carbonyl (C=O) groups is 1. The molecule has 1 aliphatic carbocycles. The first kappa shape index (κ1) is 40.4. The Morgan fingerprint density at radius 2 is 1.75 bits per heavy atom. The van der Waals surface area contributed by atoms with E-state index in [0.29, 0.717) is 83.2 Å². The van der Waals surface area contributed by atoms with E-state index in [2.05, 4.69) is 47.7 Å². The number of aryl methyl sites for hydroxylation is 3. The number of hydroxylamine groups is 1. The van der Waals surface area contributed by atoms with Gasteiger partial charge in [-0.2, -0.15) is 10.2 Å². The Balaban J connectivity index is 1.05. The number of aliphatic hydroxyl groups excluding tert-OH is 1. The topological polar surface area (TPSA) is 150 Å². The van der Waals surface area contributed by atoms with Crippen molar-refractivity contribution in [3.8, 4) is 17.2 Å². The molecule has 1 saturated carbocycles. The van der Waals surface area contributed by atoms with Crippen LogP contribution < -0.4 is 11.2 Å². The van der Waals surface area contributed by atoms with E-state index in [9.17, 15) is 9.90 Å². The molecule has 0 spiro atoms. The fraction of sp³-hybridized carbons (Fsp3) is 0.383. The first-order valence-corrected chi connectivity index (χ1v) is 21.7. The van der Waals surface area contributed by atoms with Crippen LogP contribution >= 0.6 is 0 Å². The number of aromatic nitrogens is 7. The zero-order chi connectivity index (χ0) is 44.6. The van der Waals surface area contributed by atoms with E-state index in [0.717, 1.165) is 29.5 Å². The van der Waals surface area contributed by atoms with Crippen molar-refractivity contribution in [1.29, 1.82) is 0 Å². The average Bonchev–Trinajstić information content (AvgIpc) is 3.72. The molecule has 17 heteroatoms. The van der Waals surface area contributed by atoms with Crippen LogP contribution in [0.3, 0.4) is 0 Å². The molecule has 2 aromatic carbocycles. The smallest absolute Gasteiger partial charge is 0.338 e. The lowest BCUT2D eigenvalue weighted by atomic mass is 9.84. The third kappa shape index (κ3) is 6.11. The fourth-order valence-corrected chi connectivity index (χ4v) is 10.5. The van der Waals surface area contributed by atoms with E-state index >= 15 is 13.6 Å². The number of hydrogen-bond donors (Lipinski definition) is 2. The number of nitrogens with one attached hydrogen (secondary N) is 1. The number of aliphatic imine (C=N–C) groups is 1. The average molecular weight is 871 g/mol. The van der Waals surface area contributed by atoms with E-state index < -0.39 is 29.4 Å². The number of benzene rings is 2. The van der Waals surface area contributed by atoms with E-state index in [-0.39, 0.29) is 34.3 Å². The Morgan fingerprint density at radius 1 is 1.00 bits per heavy atom. The Labute approximate surface area is 366 Å². The molecule has 8 heterocycles. The number of imidazole rings is 1. The number of hydrogen-bond acceptors (Lipinski definition) is 9. The van der Waals surface area contributed by atoms with Gasteiger partial charge in [0.25, 0.3) is 12.3 Å². The number of aliphatic hydroxyl groups is 1. The molecule has 15 nitrogen and oxygen atoms in total. The Morgan fingerprint density at radius 3 is 2.47 bits per heavy atom. The lowest BCUT2D eigenvalue weighted by molar-refractivity contribution is -0.102. The minimum Gasteiger partial charge on any atom is -0.376 e. The van der Waals surface area contributed by atoms with E-state index in [1.165, 1.54) is 21.5 Å². The number of pyridine rings is 1. The Kier molecular flexibility index (Phi) is 9.01. The summed E-state index contributed by atoms with van der Waals surface area (Å²) in [5.41, 5.74) is 7.91. The summed E-state index contributed by atoms with van der Waals surface area (Å²) in [6, 6.07) is 10.2. The maximum Gasteiger partial charge on any atom is 0.338 e. The Bertz CT molecular complexity index is 3160. The zero-order valence-corrected chi connectivity index (χ0v) is 36.4. The van der Waals surface area contributed by atoms with Gasteiger partial charge in [-0.15, -0.1) is 0 Å². The molecule has 5 aromatic heterocycles. The molecular weight excluding hydrogens is 823 g/mol. The van der Waals surface area contributed by atoms with E-state index in [4.69, 9.17) is 14.7 Å². The number of carbonyl (C=O) groups excluding carboxylic acids is 1. The third-order valence-electron chi connectivity index (χ3n) is 13.9. The van der Waals surface area contributed by atoms with Gasteiger partial charge in [0.15, 0.2) is 5.82 Å². The van der Waals surface area contributed by atoms with Crippen molar-refractivity contribution in [3.05, 3.63) is 129 Å². The number of rotatable bonds is 7. The number of amidine groups is 1. The van der Waals surface area contributed by atoms with Gasteiger partial charge < -0.3 is 19.1 Å². The van der Waals surface area contributed by atoms with Crippen LogP contribution in [0.4, 0.5) is 8.78 Å². The van der Waals surface area contributed by atoms with Crippen molar-refractivity contribution >= 4 is 28.2 Å². The molecule has 0 radical (unpaired) electrons. The van der Waals surface area contributed by atoms with Gasteiger partial charge in [0, 0.05) is 62.5 Å². The van der Waals surface area contributed by atoms with Crippen molar-refractivity contribution < 1.29 is 28.3 Å². The maximum atomic E-state index is 16.1. The third-order valence-corrected chi connectivity index (χ3v) is 13.9. The molecule has 7 aromatic rings. The highest BCUT2D eigenvalue weighted by atomic mass is 19.1. The maximum absolute atomic E-state index is 16.1. The summed E-state index contributed by atoms with van der Waals surface area (Å²) >= 11 is 0. The van der Waals surface area contributed by atoms with Gasteiger partial charge in [-0.05, 0) is 113 Å². The highest BCUT2D eigenvalue weighted by Crippen LogP contribution is 2.53. The zero-order valence-electron chi connectivity index (χ0n) is 36.4. The molecule has 3 aliphatic heterocycles. The summed E-state index contributed by atoms with van der Waals surface area (Å²) < 4.78 is 45.2. The van der Waals surface area contributed by atoms with Crippen molar-refractivity contribution in [2.24, 2.45) is 12.0 Å². The summed E-state index contributed by atoms with van der Waals surface area (Å²) in [6.45, 7) is 10.5. The SMILES string of the molecule is Cc1cc(-n2nc3c(c2-n2ccn(-c4ccc5c(cnn5C)c4F)c2=O)[C@H](C)N(C(=O)c2cn4cc([C@H]5CCOC(C)(C)C5)ccc4c2C2(C4=NC(O)ON4)CC2)CC3)cc(C)c1F. The molecule has 11 rings (SSSR count). The van der Waals surface area contributed by atoms with Crippen LogP contribution in [0.2, 0.25) is 0 Å². The summed E-state index contributed by atoms with van der Waals surface area (Å²) in [4.78, 5) is 41.6. The quantitative estimate of drug-likeness (QED) is 0.184. The van der Waals surface area contributed by atoms with Gasteiger partial charge >= 0.3 is 5.69 Å². The second-order valence-corrected chi connectivity index (χ2v) is 18.4. The van der Waals surface area contributed by atoms with E-state index in [1.807, 2.05) is 22.4 Å². The van der Waals surface area contributed by atoms with Crippen LogP contribution in [0.1, 0.15) is 102 Å². The van der Waals surface area contributed by atoms with Crippen LogP contribution in [-0.2, 0) is 28.5 Å². The number of halogens is 2. The molecule has 0 bridgehead atoms. The highest BCUT2D eigenvalue weighted by Gasteiger charge is 2.55. The first-order valence-electron chi connectivity index (χ1n) is 21.7. The normalized spacial score (nSPS) is 21.4. The highest BCUT2D eigenvalue weighted by molar-refractivity contribution is 6.05. The van der Waals surface area contributed by atoms with Gasteiger partial charge in [-0.25, -0.2) is 33.6 Å². The molecule has 1 saturated heterocycles. The van der Waals surface area contributed by atoms with Crippen LogP contribution in [-0.4, -0.2) is 80.0 Å². The minimum atomic E-state index is -1.36. The van der Waals surface area contributed by atoms with Crippen LogP contribution in [0.5, 0.6) is 0 Å². The number of amides is 1. The molecule has 330 valence electrons. The van der Waals surface area contributed by atoms with E-state index in [1.54, 1.807) is 60.7 Å². The van der Waals surface area contributed by atoms with Crippen LogP contribution in [0.15, 0.2) is 77.2 Å². The summed E-state index contributed by atoms with van der Waals surface area (Å²) in [7, 11) is 1.72. The van der Waals surface area contributed by atoms with Gasteiger partial charge in [0.2, 0.25) is 0 Å².